The zero-order valence-electron chi connectivity index (χ0n) is 15.4. The number of aromatic hydroxyl groups is 2. The first-order valence-corrected chi connectivity index (χ1v) is 9.89. The summed E-state index contributed by atoms with van der Waals surface area (Å²) in [4.78, 5) is 16.8. The minimum atomic E-state index is -0.257. The second-order valence-electron chi connectivity index (χ2n) is 6.57. The van der Waals surface area contributed by atoms with Gasteiger partial charge in [0.05, 0.1) is 0 Å². The first-order chi connectivity index (χ1) is 14.1. The molecular weight excluding hydrogens is 431 g/mol. The Morgan fingerprint density at radius 2 is 1.52 bits per heavy atom. The number of para-hydroxylation sites is 2. The molecule has 3 aromatic carbocycles. The first kappa shape index (κ1) is 19.0. The molecule has 0 saturated carbocycles. The van der Waals surface area contributed by atoms with Crippen LogP contribution in [-0.2, 0) is 11.3 Å². The topological polar surface area (TPSA) is 64.0 Å². The molecule has 0 aromatic heterocycles. The predicted octanol–water partition coefficient (Wildman–Crippen LogP) is 3.24. The maximum atomic E-state index is 13.3. The van der Waals surface area contributed by atoms with Crippen molar-refractivity contribution in [3.8, 4) is 11.5 Å². The molecule has 0 aliphatic carbocycles. The van der Waals surface area contributed by atoms with Crippen LogP contribution >= 0.6 is 0 Å². The van der Waals surface area contributed by atoms with Gasteiger partial charge in [-0.25, -0.2) is 0 Å². The number of nitrogens with zero attached hydrogens (tertiary/aromatic N) is 2. The summed E-state index contributed by atoms with van der Waals surface area (Å²) >= 11 is 3.02. The summed E-state index contributed by atoms with van der Waals surface area (Å²) in [6.45, 7) is 0.476. The monoisotopic (exact) mass is 450 g/mol. The van der Waals surface area contributed by atoms with Crippen molar-refractivity contribution in [2.45, 2.75) is 6.54 Å². The van der Waals surface area contributed by atoms with E-state index in [0.717, 1.165) is 11.3 Å². The van der Waals surface area contributed by atoms with E-state index in [-0.39, 0.29) is 17.4 Å². The van der Waals surface area contributed by atoms with Crippen LogP contribution in [0, 0.1) is 0 Å². The van der Waals surface area contributed by atoms with Crippen molar-refractivity contribution in [2.75, 3.05) is 4.90 Å². The number of phenols is 2. The second-order valence-corrected chi connectivity index (χ2v) is 7.34. The Labute approximate surface area is 176 Å². The summed E-state index contributed by atoms with van der Waals surface area (Å²) in [5.41, 5.74) is 2.54. The Bertz CT molecular complexity index is 1100. The first-order valence-electron chi connectivity index (χ1n) is 9.04. The molecule has 4 rings (SSSR count). The van der Waals surface area contributed by atoms with E-state index in [0.29, 0.717) is 22.5 Å². The molecule has 1 aliphatic heterocycles. The summed E-state index contributed by atoms with van der Waals surface area (Å²) in [5.74, 6) is -0.706. The van der Waals surface area contributed by atoms with E-state index in [9.17, 15) is 15.0 Å². The van der Waals surface area contributed by atoms with Gasteiger partial charge in [0, 0.05) is 0 Å². The van der Waals surface area contributed by atoms with Gasteiger partial charge in [-0.05, 0) is 0 Å². The van der Waals surface area contributed by atoms with E-state index < -0.39 is 0 Å². The number of rotatable bonds is 4. The van der Waals surface area contributed by atoms with Gasteiger partial charge < -0.3 is 0 Å². The van der Waals surface area contributed by atoms with Crippen molar-refractivity contribution in [1.29, 1.82) is 0 Å². The molecule has 0 atom stereocenters. The Kier molecular flexibility index (Phi) is 5.21. The summed E-state index contributed by atoms with van der Waals surface area (Å²) < 4.78 is 0.649. The molecule has 1 aliphatic rings. The maximum absolute atomic E-state index is 13.3. The molecule has 6 heteroatoms. The van der Waals surface area contributed by atoms with Crippen LogP contribution in [0.15, 0.2) is 84.6 Å². The number of hydrogen-bond acceptors (Lipinski definition) is 4. The fourth-order valence-corrected chi connectivity index (χ4v) is 3.95. The average molecular weight is 449 g/mol. The van der Waals surface area contributed by atoms with Gasteiger partial charge in [0.25, 0.3) is 0 Å². The van der Waals surface area contributed by atoms with Crippen LogP contribution in [0.3, 0.4) is 0 Å². The van der Waals surface area contributed by atoms with Gasteiger partial charge in [0.2, 0.25) is 0 Å². The van der Waals surface area contributed by atoms with Crippen LogP contribution in [0.5, 0.6) is 11.5 Å². The number of amides is 1. The van der Waals surface area contributed by atoms with Crippen molar-refractivity contribution < 1.29 is 15.0 Å². The Balaban J connectivity index is 1.80. The third-order valence-electron chi connectivity index (χ3n) is 4.67. The standard InChI is InChI=1S/C23H18N2O3Se/c26-20-13-7-10-17(21(20)27)14-19-22(28)25(18-11-5-2-6-12-18)23(29)24(19)15-16-8-3-1-4-9-16/h1-14,26-27H,15H2. The van der Waals surface area contributed by atoms with Crippen LogP contribution in [0.1, 0.15) is 11.1 Å². The van der Waals surface area contributed by atoms with Crippen molar-refractivity contribution in [3.05, 3.63) is 95.7 Å². The van der Waals surface area contributed by atoms with Gasteiger partial charge in [-0.1, -0.05) is 0 Å². The Morgan fingerprint density at radius 1 is 0.862 bits per heavy atom. The van der Waals surface area contributed by atoms with Crippen molar-refractivity contribution >= 4 is 37.9 Å². The molecule has 0 unspecified atom stereocenters. The molecule has 0 spiro atoms. The summed E-state index contributed by atoms with van der Waals surface area (Å²) in [6, 6.07) is 23.9. The molecule has 1 fully saturated rings. The van der Waals surface area contributed by atoms with Gasteiger partial charge in [0.15, 0.2) is 0 Å². The van der Waals surface area contributed by atoms with E-state index in [4.69, 9.17) is 0 Å². The number of benzene rings is 3. The van der Waals surface area contributed by atoms with Gasteiger partial charge >= 0.3 is 176 Å². The molecule has 29 heavy (non-hydrogen) atoms. The van der Waals surface area contributed by atoms with E-state index in [1.54, 1.807) is 23.1 Å². The van der Waals surface area contributed by atoms with Gasteiger partial charge in [-0.2, -0.15) is 0 Å². The minimum absolute atomic E-state index is 0.219. The van der Waals surface area contributed by atoms with Gasteiger partial charge in [-0.3, -0.25) is 0 Å². The van der Waals surface area contributed by atoms with E-state index in [1.807, 2.05) is 65.6 Å². The molecule has 1 saturated heterocycles. The molecular formula is C23H18N2O3Se. The zero-order valence-corrected chi connectivity index (χ0v) is 17.1. The molecule has 0 bridgehead atoms. The van der Waals surface area contributed by atoms with Crippen molar-refractivity contribution in [1.82, 2.24) is 4.90 Å². The zero-order chi connectivity index (χ0) is 20.4. The quantitative estimate of drug-likeness (QED) is 0.365. The van der Waals surface area contributed by atoms with E-state index >= 15 is 0 Å². The van der Waals surface area contributed by atoms with Gasteiger partial charge in [-0.15, -0.1) is 0 Å². The average Bonchev–Trinajstić information content (AvgIpc) is 2.96. The molecule has 2 N–H and O–H groups in total. The molecule has 5 nitrogen and oxygen atoms in total. The molecule has 3 aromatic rings. The SMILES string of the molecule is O=C1C(=Cc2cccc(O)c2O)N(Cc2ccccc2)C(=[Se])N1c1ccccc1. The third-order valence-corrected chi connectivity index (χ3v) is 5.52. The fourth-order valence-electron chi connectivity index (χ4n) is 3.22. The molecule has 144 valence electrons. The molecule has 0 radical (unpaired) electrons. The van der Waals surface area contributed by atoms with Crippen LogP contribution in [0.4, 0.5) is 5.69 Å². The van der Waals surface area contributed by atoms with Crippen LogP contribution < -0.4 is 4.90 Å². The number of carbonyl (C=O) groups excluding carboxylic acids is 1. The van der Waals surface area contributed by atoms with Crippen molar-refractivity contribution in [3.63, 3.8) is 0 Å². The number of phenolic OH excluding ortho intramolecular Hbond substituents is 2. The van der Waals surface area contributed by atoms with Crippen LogP contribution in [0.25, 0.3) is 6.08 Å². The molecule has 1 heterocycles. The summed E-state index contributed by atoms with van der Waals surface area (Å²) in [7, 11) is 0. The van der Waals surface area contributed by atoms with Crippen LogP contribution in [-0.4, -0.2) is 41.3 Å². The second kappa shape index (κ2) is 7.95. The van der Waals surface area contributed by atoms with Crippen LogP contribution in [0.2, 0.25) is 0 Å². The third kappa shape index (κ3) is 3.68. The number of hydrogen-bond donors (Lipinski definition) is 2. The van der Waals surface area contributed by atoms with E-state index in [1.165, 1.54) is 6.07 Å². The number of anilines is 1. The normalized spacial score (nSPS) is 15.4. The Morgan fingerprint density at radius 3 is 2.21 bits per heavy atom. The Hall–Kier alpha value is -3.34. The summed E-state index contributed by atoms with van der Waals surface area (Å²) in [5, 5.41) is 20.0. The predicted molar refractivity (Wildman–Crippen MR) is 114 cm³/mol. The van der Waals surface area contributed by atoms with Crippen molar-refractivity contribution in [2.24, 2.45) is 0 Å². The van der Waals surface area contributed by atoms with E-state index in [2.05, 4.69) is 15.6 Å². The number of carbonyl (C=O) groups is 1. The van der Waals surface area contributed by atoms with Gasteiger partial charge in [0.1, 0.15) is 0 Å². The summed E-state index contributed by atoms with van der Waals surface area (Å²) in [6.07, 6.45) is 1.60. The fraction of sp³-hybridized carbons (Fsp3) is 0.0435. The molecule has 1 amide bonds.